The first kappa shape index (κ1) is 15.0. The fourth-order valence-corrected chi connectivity index (χ4v) is 2.72. The van der Waals surface area contributed by atoms with Crippen molar-refractivity contribution >= 4 is 0 Å². The average molecular weight is 240 g/mol. The van der Waals surface area contributed by atoms with E-state index in [4.69, 9.17) is 0 Å². The minimum Gasteiger partial charge on any atom is -0.313 e. The van der Waals surface area contributed by atoms with Gasteiger partial charge in [-0.2, -0.15) is 0 Å². The first-order chi connectivity index (χ1) is 7.86. The van der Waals surface area contributed by atoms with Gasteiger partial charge in [0.15, 0.2) is 0 Å². The molecule has 0 spiro atoms. The molecule has 0 aromatic rings. The molecule has 0 bridgehead atoms. The van der Waals surface area contributed by atoms with Gasteiger partial charge in [-0.25, -0.2) is 0 Å². The van der Waals surface area contributed by atoms with E-state index < -0.39 is 0 Å². The van der Waals surface area contributed by atoms with Crippen molar-refractivity contribution in [2.24, 2.45) is 11.3 Å². The number of likely N-dealkylation sites (tertiary alicyclic amines) is 1. The molecule has 0 saturated carbocycles. The normalized spacial score (nSPS) is 26.1. The van der Waals surface area contributed by atoms with Gasteiger partial charge in [0.25, 0.3) is 0 Å². The van der Waals surface area contributed by atoms with Crippen LogP contribution in [0.1, 0.15) is 54.4 Å². The number of rotatable bonds is 5. The lowest BCUT2D eigenvalue weighted by Gasteiger charge is -2.32. The summed E-state index contributed by atoms with van der Waals surface area (Å²) >= 11 is 0. The van der Waals surface area contributed by atoms with Gasteiger partial charge in [0.05, 0.1) is 0 Å². The van der Waals surface area contributed by atoms with Gasteiger partial charge in [0.1, 0.15) is 0 Å². The lowest BCUT2D eigenvalue weighted by atomic mass is 9.80. The molecule has 3 unspecified atom stereocenters. The summed E-state index contributed by atoms with van der Waals surface area (Å²) in [6.07, 6.45) is 2.59. The van der Waals surface area contributed by atoms with Crippen LogP contribution in [0.4, 0.5) is 0 Å². The molecule has 102 valence electrons. The second-order valence-corrected chi connectivity index (χ2v) is 6.83. The number of nitrogens with zero attached hydrogens (tertiary/aromatic N) is 1. The Kier molecular flexibility index (Phi) is 5.46. The van der Waals surface area contributed by atoms with Crippen LogP contribution >= 0.6 is 0 Å². The van der Waals surface area contributed by atoms with E-state index in [9.17, 15) is 0 Å². The Bertz CT molecular complexity index is 219. The van der Waals surface area contributed by atoms with Gasteiger partial charge in [-0.05, 0) is 51.1 Å². The van der Waals surface area contributed by atoms with Crippen molar-refractivity contribution in [2.75, 3.05) is 19.6 Å². The molecule has 0 aromatic carbocycles. The average Bonchev–Trinajstić information content (AvgIpc) is 2.73. The molecule has 0 aliphatic carbocycles. The Labute approximate surface area is 108 Å². The molecule has 1 rings (SSSR count). The van der Waals surface area contributed by atoms with Crippen LogP contribution in [-0.2, 0) is 0 Å². The molecule has 17 heavy (non-hydrogen) atoms. The molecule has 1 fully saturated rings. The summed E-state index contributed by atoms with van der Waals surface area (Å²) in [7, 11) is 0. The molecule has 0 amide bonds. The van der Waals surface area contributed by atoms with Crippen molar-refractivity contribution in [3.05, 3.63) is 0 Å². The molecule has 1 heterocycles. The highest BCUT2D eigenvalue weighted by molar-refractivity contribution is 4.88. The topological polar surface area (TPSA) is 15.3 Å². The second-order valence-electron chi connectivity index (χ2n) is 6.83. The highest BCUT2D eigenvalue weighted by Gasteiger charge is 2.34. The maximum absolute atomic E-state index is 3.62. The molecular weight excluding hydrogens is 208 g/mol. The minimum atomic E-state index is 0.467. The first-order valence-electron chi connectivity index (χ1n) is 7.33. The molecule has 1 N–H and O–H groups in total. The van der Waals surface area contributed by atoms with Gasteiger partial charge < -0.3 is 5.32 Å². The van der Waals surface area contributed by atoms with Crippen molar-refractivity contribution in [1.82, 2.24) is 10.2 Å². The third-order valence-corrected chi connectivity index (χ3v) is 4.46. The minimum absolute atomic E-state index is 0.467. The SMILES string of the molecule is CCCNC(C)C(C)N1CCC(C(C)(C)C)C1. The van der Waals surface area contributed by atoms with Crippen LogP contribution in [0.15, 0.2) is 0 Å². The molecule has 0 aromatic heterocycles. The molecule has 1 aliphatic rings. The summed E-state index contributed by atoms with van der Waals surface area (Å²) in [6.45, 7) is 17.8. The van der Waals surface area contributed by atoms with E-state index in [1.807, 2.05) is 0 Å². The fraction of sp³-hybridized carbons (Fsp3) is 1.00. The predicted molar refractivity (Wildman–Crippen MR) is 76.4 cm³/mol. The van der Waals surface area contributed by atoms with Crippen molar-refractivity contribution in [3.8, 4) is 0 Å². The third kappa shape index (κ3) is 4.26. The van der Waals surface area contributed by atoms with Gasteiger partial charge in [0, 0.05) is 18.6 Å². The molecule has 1 aliphatic heterocycles. The zero-order valence-corrected chi connectivity index (χ0v) is 12.7. The van der Waals surface area contributed by atoms with Crippen molar-refractivity contribution in [2.45, 2.75) is 66.5 Å². The van der Waals surface area contributed by atoms with Crippen LogP contribution in [-0.4, -0.2) is 36.6 Å². The van der Waals surface area contributed by atoms with E-state index >= 15 is 0 Å². The molecule has 0 radical (unpaired) electrons. The van der Waals surface area contributed by atoms with Crippen LogP contribution in [0.3, 0.4) is 0 Å². The Balaban J connectivity index is 2.42. The van der Waals surface area contributed by atoms with E-state index in [0.29, 0.717) is 17.5 Å². The van der Waals surface area contributed by atoms with Crippen LogP contribution in [0.2, 0.25) is 0 Å². The van der Waals surface area contributed by atoms with Gasteiger partial charge in [-0.1, -0.05) is 27.7 Å². The maximum Gasteiger partial charge on any atom is 0.0218 e. The summed E-state index contributed by atoms with van der Waals surface area (Å²) in [5.74, 6) is 0.864. The Morgan fingerprint density at radius 3 is 2.41 bits per heavy atom. The van der Waals surface area contributed by atoms with Gasteiger partial charge in [-0.3, -0.25) is 4.90 Å². The quantitative estimate of drug-likeness (QED) is 0.794. The zero-order chi connectivity index (χ0) is 13.1. The summed E-state index contributed by atoms with van der Waals surface area (Å²) in [5, 5.41) is 3.62. The highest BCUT2D eigenvalue weighted by Crippen LogP contribution is 2.34. The van der Waals surface area contributed by atoms with Gasteiger partial charge in [-0.15, -0.1) is 0 Å². The second kappa shape index (κ2) is 6.19. The molecule has 2 heteroatoms. The first-order valence-corrected chi connectivity index (χ1v) is 7.33. The van der Waals surface area contributed by atoms with E-state index in [1.165, 1.54) is 25.9 Å². The van der Waals surface area contributed by atoms with Crippen LogP contribution in [0.25, 0.3) is 0 Å². The predicted octanol–water partition coefficient (Wildman–Crippen LogP) is 3.13. The third-order valence-electron chi connectivity index (χ3n) is 4.46. The van der Waals surface area contributed by atoms with Gasteiger partial charge in [0.2, 0.25) is 0 Å². The van der Waals surface area contributed by atoms with Crippen LogP contribution in [0.5, 0.6) is 0 Å². The standard InChI is InChI=1S/C15H32N2/c1-7-9-16-12(2)13(3)17-10-8-14(11-17)15(4,5)6/h12-14,16H,7-11H2,1-6H3. The number of nitrogens with one attached hydrogen (secondary N) is 1. The number of hydrogen-bond acceptors (Lipinski definition) is 2. The summed E-state index contributed by atoms with van der Waals surface area (Å²) in [5.41, 5.74) is 0.467. The van der Waals surface area contributed by atoms with E-state index in [1.54, 1.807) is 0 Å². The van der Waals surface area contributed by atoms with E-state index in [0.717, 1.165) is 12.5 Å². The lowest BCUT2D eigenvalue weighted by Crippen LogP contribution is -2.46. The molecular formula is C15H32N2. The Morgan fingerprint density at radius 2 is 1.94 bits per heavy atom. The highest BCUT2D eigenvalue weighted by atomic mass is 15.2. The smallest absolute Gasteiger partial charge is 0.0218 e. The molecule has 2 nitrogen and oxygen atoms in total. The summed E-state index contributed by atoms with van der Waals surface area (Å²) in [6, 6.07) is 1.27. The summed E-state index contributed by atoms with van der Waals surface area (Å²) < 4.78 is 0. The molecule has 1 saturated heterocycles. The van der Waals surface area contributed by atoms with Crippen LogP contribution < -0.4 is 5.32 Å². The Hall–Kier alpha value is -0.0800. The van der Waals surface area contributed by atoms with Crippen molar-refractivity contribution in [3.63, 3.8) is 0 Å². The van der Waals surface area contributed by atoms with Gasteiger partial charge >= 0.3 is 0 Å². The monoisotopic (exact) mass is 240 g/mol. The maximum atomic E-state index is 3.62. The lowest BCUT2D eigenvalue weighted by molar-refractivity contribution is 0.179. The van der Waals surface area contributed by atoms with Crippen molar-refractivity contribution < 1.29 is 0 Å². The van der Waals surface area contributed by atoms with Crippen LogP contribution in [0, 0.1) is 11.3 Å². The summed E-state index contributed by atoms with van der Waals surface area (Å²) in [4.78, 5) is 2.67. The Morgan fingerprint density at radius 1 is 1.29 bits per heavy atom. The van der Waals surface area contributed by atoms with Crippen molar-refractivity contribution in [1.29, 1.82) is 0 Å². The fourth-order valence-electron chi connectivity index (χ4n) is 2.72. The van der Waals surface area contributed by atoms with E-state index in [2.05, 4.69) is 51.8 Å². The molecule has 3 atom stereocenters. The zero-order valence-electron chi connectivity index (χ0n) is 12.7. The van der Waals surface area contributed by atoms with E-state index in [-0.39, 0.29) is 0 Å². The largest absolute Gasteiger partial charge is 0.313 e. The number of hydrogen-bond donors (Lipinski definition) is 1.